The molecule has 1 aliphatic rings. The van der Waals surface area contributed by atoms with Gasteiger partial charge in [0.15, 0.2) is 5.82 Å². The standard InChI is InChI=1S/C22H22ClFN4O/c1-2-21(29)26-17-8-9-18(12-17)28-13-25-27-22(28)15-5-3-14(4-6-15)16-7-10-19(23)20(24)11-16/h3-7,10-11,13,17-18H,2,8-9,12H2,1H3,(H,26,29)/t17-,18+/m0/s1. The number of nitrogens with zero attached hydrogens (tertiary/aromatic N) is 3. The van der Waals surface area contributed by atoms with Crippen molar-refractivity contribution >= 4 is 17.5 Å². The van der Waals surface area contributed by atoms with E-state index in [1.54, 1.807) is 18.5 Å². The van der Waals surface area contributed by atoms with Crippen LogP contribution in [0.5, 0.6) is 0 Å². The maximum absolute atomic E-state index is 13.7. The van der Waals surface area contributed by atoms with Crippen molar-refractivity contribution in [3.63, 3.8) is 0 Å². The minimum Gasteiger partial charge on any atom is -0.353 e. The first-order chi connectivity index (χ1) is 14.0. The van der Waals surface area contributed by atoms with Crippen molar-refractivity contribution in [1.82, 2.24) is 20.1 Å². The molecule has 1 aromatic heterocycles. The fraction of sp³-hybridized carbons (Fsp3) is 0.318. The first-order valence-corrected chi connectivity index (χ1v) is 10.2. The van der Waals surface area contributed by atoms with Crippen LogP contribution >= 0.6 is 11.6 Å². The molecule has 7 heteroatoms. The summed E-state index contributed by atoms with van der Waals surface area (Å²) in [5, 5.41) is 11.6. The fourth-order valence-corrected chi connectivity index (χ4v) is 3.99. The second kappa shape index (κ2) is 8.33. The van der Waals surface area contributed by atoms with Gasteiger partial charge >= 0.3 is 0 Å². The highest BCUT2D eigenvalue weighted by Gasteiger charge is 2.28. The zero-order valence-electron chi connectivity index (χ0n) is 16.1. The van der Waals surface area contributed by atoms with Crippen molar-refractivity contribution in [3.05, 3.63) is 59.6 Å². The van der Waals surface area contributed by atoms with Crippen molar-refractivity contribution in [2.24, 2.45) is 0 Å². The second-order valence-electron chi connectivity index (χ2n) is 7.35. The summed E-state index contributed by atoms with van der Waals surface area (Å²) >= 11 is 5.77. The summed E-state index contributed by atoms with van der Waals surface area (Å²) in [6, 6.07) is 13.1. The minimum atomic E-state index is -0.432. The van der Waals surface area contributed by atoms with Gasteiger partial charge in [-0.3, -0.25) is 4.79 Å². The van der Waals surface area contributed by atoms with Crippen LogP contribution in [0.2, 0.25) is 5.02 Å². The second-order valence-corrected chi connectivity index (χ2v) is 7.76. The molecule has 0 aliphatic heterocycles. The number of rotatable bonds is 5. The first-order valence-electron chi connectivity index (χ1n) is 9.80. The van der Waals surface area contributed by atoms with Crippen molar-refractivity contribution in [1.29, 1.82) is 0 Å². The number of benzene rings is 2. The van der Waals surface area contributed by atoms with E-state index in [-0.39, 0.29) is 23.0 Å². The highest BCUT2D eigenvalue weighted by Crippen LogP contribution is 2.34. The monoisotopic (exact) mass is 412 g/mol. The molecule has 0 spiro atoms. The maximum Gasteiger partial charge on any atom is 0.219 e. The number of nitrogens with one attached hydrogen (secondary N) is 1. The van der Waals surface area contributed by atoms with Gasteiger partial charge in [0.1, 0.15) is 12.1 Å². The lowest BCUT2D eigenvalue weighted by Gasteiger charge is -2.16. The smallest absolute Gasteiger partial charge is 0.219 e. The van der Waals surface area contributed by atoms with Gasteiger partial charge in [-0.25, -0.2) is 4.39 Å². The summed E-state index contributed by atoms with van der Waals surface area (Å²) in [7, 11) is 0. The van der Waals surface area contributed by atoms with E-state index in [1.165, 1.54) is 6.07 Å². The van der Waals surface area contributed by atoms with Gasteiger partial charge in [-0.05, 0) is 42.5 Å². The first kappa shape index (κ1) is 19.6. The van der Waals surface area contributed by atoms with Crippen LogP contribution in [0.4, 0.5) is 4.39 Å². The van der Waals surface area contributed by atoms with Crippen LogP contribution in [0, 0.1) is 5.82 Å². The van der Waals surface area contributed by atoms with Gasteiger partial charge in [-0.1, -0.05) is 48.9 Å². The summed E-state index contributed by atoms with van der Waals surface area (Å²) in [5.74, 6) is 0.457. The summed E-state index contributed by atoms with van der Waals surface area (Å²) in [5.41, 5.74) is 2.62. The zero-order valence-corrected chi connectivity index (χ0v) is 16.9. The van der Waals surface area contributed by atoms with Crippen LogP contribution in [0.1, 0.15) is 38.6 Å². The van der Waals surface area contributed by atoms with Gasteiger partial charge < -0.3 is 9.88 Å². The van der Waals surface area contributed by atoms with Crippen LogP contribution in [0.15, 0.2) is 48.8 Å². The number of aromatic nitrogens is 3. The highest BCUT2D eigenvalue weighted by atomic mass is 35.5. The van der Waals surface area contributed by atoms with Crippen LogP contribution in [-0.4, -0.2) is 26.7 Å². The van der Waals surface area contributed by atoms with E-state index >= 15 is 0 Å². The number of amides is 1. The normalized spacial score (nSPS) is 18.7. The molecule has 0 unspecified atom stereocenters. The fourth-order valence-electron chi connectivity index (χ4n) is 3.88. The van der Waals surface area contributed by atoms with E-state index in [0.29, 0.717) is 6.42 Å². The molecule has 3 aromatic rings. The molecule has 150 valence electrons. The summed E-state index contributed by atoms with van der Waals surface area (Å²) in [6.07, 6.45) is 5.06. The van der Waals surface area contributed by atoms with E-state index in [4.69, 9.17) is 11.6 Å². The van der Waals surface area contributed by atoms with E-state index in [1.807, 2.05) is 31.2 Å². The molecular weight excluding hydrogens is 391 g/mol. The van der Waals surface area contributed by atoms with Crippen LogP contribution in [0.3, 0.4) is 0 Å². The predicted octanol–water partition coefficient (Wildman–Crippen LogP) is 5.02. The molecule has 1 fully saturated rings. The van der Waals surface area contributed by atoms with Crippen LogP contribution < -0.4 is 5.32 Å². The molecule has 0 radical (unpaired) electrons. The van der Waals surface area contributed by atoms with Gasteiger partial charge in [-0.15, -0.1) is 10.2 Å². The van der Waals surface area contributed by atoms with Gasteiger partial charge in [0, 0.05) is 24.1 Å². The van der Waals surface area contributed by atoms with Crippen LogP contribution in [-0.2, 0) is 4.79 Å². The Morgan fingerprint density at radius 3 is 2.62 bits per heavy atom. The Labute approximate surface area is 173 Å². The molecule has 0 saturated heterocycles. The maximum atomic E-state index is 13.7. The Morgan fingerprint density at radius 1 is 1.17 bits per heavy atom. The summed E-state index contributed by atoms with van der Waals surface area (Å²) in [4.78, 5) is 11.7. The molecule has 1 N–H and O–H groups in total. The topological polar surface area (TPSA) is 59.8 Å². The van der Waals surface area contributed by atoms with E-state index < -0.39 is 5.82 Å². The average molecular weight is 413 g/mol. The van der Waals surface area contributed by atoms with Crippen molar-refractivity contribution in [3.8, 4) is 22.5 Å². The number of carbonyl (C=O) groups excluding carboxylic acids is 1. The molecule has 4 rings (SSSR count). The molecule has 1 aliphatic carbocycles. The van der Waals surface area contributed by atoms with Gasteiger partial charge in [-0.2, -0.15) is 0 Å². The lowest BCUT2D eigenvalue weighted by Crippen LogP contribution is -2.32. The Hall–Kier alpha value is -2.73. The molecule has 2 atom stereocenters. The molecule has 0 bridgehead atoms. The average Bonchev–Trinajstić information content (AvgIpc) is 3.39. The summed E-state index contributed by atoms with van der Waals surface area (Å²) < 4.78 is 15.8. The molecule has 5 nitrogen and oxygen atoms in total. The molecule has 1 heterocycles. The van der Waals surface area contributed by atoms with E-state index in [9.17, 15) is 9.18 Å². The van der Waals surface area contributed by atoms with Crippen molar-refractivity contribution in [2.45, 2.75) is 44.7 Å². The van der Waals surface area contributed by atoms with E-state index in [2.05, 4.69) is 20.1 Å². The third kappa shape index (κ3) is 4.17. The lowest BCUT2D eigenvalue weighted by molar-refractivity contribution is -0.121. The molecule has 1 amide bonds. The van der Waals surface area contributed by atoms with Gasteiger partial charge in [0.2, 0.25) is 5.91 Å². The van der Waals surface area contributed by atoms with Crippen molar-refractivity contribution in [2.75, 3.05) is 0 Å². The van der Waals surface area contributed by atoms with Crippen LogP contribution in [0.25, 0.3) is 22.5 Å². The summed E-state index contributed by atoms with van der Waals surface area (Å²) in [6.45, 7) is 1.86. The molecular formula is C22H22ClFN4O. The van der Waals surface area contributed by atoms with E-state index in [0.717, 1.165) is 41.8 Å². The number of hydrogen-bond donors (Lipinski definition) is 1. The number of halogens is 2. The van der Waals surface area contributed by atoms with Gasteiger partial charge in [0.25, 0.3) is 0 Å². The highest BCUT2D eigenvalue weighted by molar-refractivity contribution is 6.30. The third-order valence-corrected chi connectivity index (χ3v) is 5.76. The largest absolute Gasteiger partial charge is 0.353 e. The minimum absolute atomic E-state index is 0.0915. The predicted molar refractivity (Wildman–Crippen MR) is 111 cm³/mol. The third-order valence-electron chi connectivity index (χ3n) is 5.45. The number of hydrogen-bond acceptors (Lipinski definition) is 3. The Balaban J connectivity index is 1.52. The molecule has 1 saturated carbocycles. The lowest BCUT2D eigenvalue weighted by atomic mass is 10.0. The zero-order chi connectivity index (χ0) is 20.4. The molecule has 2 aromatic carbocycles. The quantitative estimate of drug-likeness (QED) is 0.639. The Bertz CT molecular complexity index is 1020. The number of carbonyl (C=O) groups is 1. The Morgan fingerprint density at radius 2 is 1.90 bits per heavy atom. The van der Waals surface area contributed by atoms with Gasteiger partial charge in [0.05, 0.1) is 5.02 Å². The Kier molecular flexibility index (Phi) is 5.62. The molecule has 29 heavy (non-hydrogen) atoms. The van der Waals surface area contributed by atoms with Crippen molar-refractivity contribution < 1.29 is 9.18 Å². The SMILES string of the molecule is CCC(=O)N[C@H]1CC[C@@H](n2cnnc2-c2ccc(-c3ccc(Cl)c(F)c3)cc2)C1.